The number of hydrogen-bond donors (Lipinski definition) is 3. The third-order valence-electron chi connectivity index (χ3n) is 4.49. The molecule has 3 aromatic rings. The van der Waals surface area contributed by atoms with Gasteiger partial charge in [0.15, 0.2) is 5.76 Å². The Morgan fingerprint density at radius 2 is 1.79 bits per heavy atom. The molecule has 180 valence electrons. The van der Waals surface area contributed by atoms with Crippen molar-refractivity contribution in [2.24, 2.45) is 0 Å². The molecule has 0 aliphatic carbocycles. The predicted octanol–water partition coefficient (Wildman–Crippen LogP) is 5.62. The Bertz CT molecular complexity index is 1160. The van der Waals surface area contributed by atoms with Crippen LogP contribution in [0.3, 0.4) is 0 Å². The summed E-state index contributed by atoms with van der Waals surface area (Å²) in [5.74, 6) is -1.76. The number of alkyl halides is 3. The Labute approximate surface area is 214 Å². The average Bonchev–Trinajstić information content (AvgIpc) is 3.42. The zero-order chi connectivity index (χ0) is 24.9. The molecular weight excluding hydrogens is 525 g/mol. The van der Waals surface area contributed by atoms with E-state index in [1.807, 2.05) is 6.07 Å². The summed E-state index contributed by atoms with van der Waals surface area (Å²) in [5.41, 5.74) is 1.05. The van der Waals surface area contributed by atoms with Gasteiger partial charge in [-0.25, -0.2) is 4.79 Å². The molecular formula is C22H20Cl3N3O5S. The monoisotopic (exact) mass is 543 g/mol. The van der Waals surface area contributed by atoms with Gasteiger partial charge in [-0.2, -0.15) is 0 Å². The van der Waals surface area contributed by atoms with Crippen LogP contribution in [0.5, 0.6) is 0 Å². The van der Waals surface area contributed by atoms with Gasteiger partial charge < -0.3 is 25.1 Å². The number of amides is 2. The van der Waals surface area contributed by atoms with E-state index in [4.69, 9.17) is 44.0 Å². The third-order valence-corrected chi connectivity index (χ3v) is 6.36. The minimum absolute atomic E-state index is 0.00282. The minimum atomic E-state index is -2.03. The third kappa shape index (κ3) is 6.24. The molecule has 3 N–H and O–H groups in total. The standard InChI is InChI=1S/C22H20Cl3N3O5S/c1-3-32-20(31)15-12(2)16(18(30)26-13-8-5-4-6-9-13)34-19(15)28-21(22(23,24)25)27-17(29)14-10-7-11-33-14/h4-11,21,28H,3H2,1-2H3,(H,26,30)(H,27,29). The maximum absolute atomic E-state index is 13.0. The highest BCUT2D eigenvalue weighted by Crippen LogP contribution is 2.38. The van der Waals surface area contributed by atoms with E-state index in [9.17, 15) is 14.4 Å². The minimum Gasteiger partial charge on any atom is -0.462 e. The molecule has 12 heteroatoms. The first-order chi connectivity index (χ1) is 16.1. The van der Waals surface area contributed by atoms with E-state index >= 15 is 0 Å². The van der Waals surface area contributed by atoms with Gasteiger partial charge in [-0.15, -0.1) is 11.3 Å². The summed E-state index contributed by atoms with van der Waals surface area (Å²) in [6.45, 7) is 3.38. The van der Waals surface area contributed by atoms with Crippen molar-refractivity contribution >= 4 is 74.6 Å². The lowest BCUT2D eigenvalue weighted by Crippen LogP contribution is -2.49. The van der Waals surface area contributed by atoms with Crippen LogP contribution < -0.4 is 16.0 Å². The molecule has 0 aliphatic rings. The van der Waals surface area contributed by atoms with E-state index in [1.54, 1.807) is 38.1 Å². The first-order valence-electron chi connectivity index (χ1n) is 9.96. The van der Waals surface area contributed by atoms with Crippen LogP contribution in [0.2, 0.25) is 0 Å². The number of para-hydroxylation sites is 1. The van der Waals surface area contributed by atoms with Crippen LogP contribution in [0.1, 0.15) is 43.1 Å². The van der Waals surface area contributed by atoms with Gasteiger partial charge in [-0.1, -0.05) is 53.0 Å². The molecule has 2 amide bonds. The summed E-state index contributed by atoms with van der Waals surface area (Å²) in [6, 6.07) is 11.8. The Kier molecular flexibility index (Phi) is 8.48. The Balaban J connectivity index is 1.95. The van der Waals surface area contributed by atoms with Crippen LogP contribution in [0.25, 0.3) is 0 Å². The Morgan fingerprint density at radius 3 is 2.38 bits per heavy atom. The molecule has 1 unspecified atom stereocenters. The highest BCUT2D eigenvalue weighted by Gasteiger charge is 2.37. The number of furan rings is 1. The molecule has 0 bridgehead atoms. The number of rotatable bonds is 8. The van der Waals surface area contributed by atoms with E-state index in [1.165, 1.54) is 18.4 Å². The van der Waals surface area contributed by atoms with E-state index in [0.717, 1.165) is 11.3 Å². The second kappa shape index (κ2) is 11.1. The maximum atomic E-state index is 13.0. The van der Waals surface area contributed by atoms with Crippen molar-refractivity contribution in [3.05, 3.63) is 70.5 Å². The smallest absolute Gasteiger partial charge is 0.341 e. The predicted molar refractivity (Wildman–Crippen MR) is 133 cm³/mol. The SMILES string of the molecule is CCOC(=O)c1c(NC(NC(=O)c2ccco2)C(Cl)(Cl)Cl)sc(C(=O)Nc2ccccc2)c1C. The summed E-state index contributed by atoms with van der Waals surface area (Å²) in [5, 5.41) is 8.35. The van der Waals surface area contributed by atoms with Crippen LogP contribution in [0.4, 0.5) is 10.7 Å². The maximum Gasteiger partial charge on any atom is 0.341 e. The number of halogens is 3. The van der Waals surface area contributed by atoms with Gasteiger partial charge in [-0.3, -0.25) is 9.59 Å². The first kappa shape index (κ1) is 25.9. The molecule has 1 atom stereocenters. The number of carbonyl (C=O) groups is 3. The number of carbonyl (C=O) groups excluding carboxylic acids is 3. The molecule has 8 nitrogen and oxygen atoms in total. The van der Waals surface area contributed by atoms with Crippen molar-refractivity contribution in [3.63, 3.8) is 0 Å². The number of thiophene rings is 1. The summed E-state index contributed by atoms with van der Waals surface area (Å²) in [6.07, 6.45) is 0.0394. The van der Waals surface area contributed by atoms with Crippen LogP contribution in [0, 0.1) is 6.92 Å². The van der Waals surface area contributed by atoms with Gasteiger partial charge >= 0.3 is 5.97 Å². The second-order valence-electron chi connectivity index (χ2n) is 6.87. The Hall–Kier alpha value is -2.72. The number of esters is 1. The summed E-state index contributed by atoms with van der Waals surface area (Å²) in [4.78, 5) is 38.4. The molecule has 2 aromatic heterocycles. The molecule has 1 aromatic carbocycles. The molecule has 34 heavy (non-hydrogen) atoms. The fourth-order valence-corrected chi connectivity index (χ4v) is 4.38. The fourth-order valence-electron chi connectivity index (χ4n) is 2.93. The van der Waals surface area contributed by atoms with Gasteiger partial charge in [0.1, 0.15) is 11.2 Å². The highest BCUT2D eigenvalue weighted by molar-refractivity contribution is 7.18. The second-order valence-corrected chi connectivity index (χ2v) is 10.3. The largest absolute Gasteiger partial charge is 0.462 e. The lowest BCUT2D eigenvalue weighted by Gasteiger charge is -2.26. The molecule has 0 fully saturated rings. The van der Waals surface area contributed by atoms with Gasteiger partial charge in [0, 0.05) is 5.69 Å². The van der Waals surface area contributed by atoms with Crippen LogP contribution in [-0.4, -0.2) is 34.3 Å². The summed E-state index contributed by atoms with van der Waals surface area (Å²) in [7, 11) is 0. The van der Waals surface area contributed by atoms with E-state index in [0.29, 0.717) is 11.3 Å². The van der Waals surface area contributed by atoms with E-state index in [2.05, 4.69) is 16.0 Å². The number of anilines is 2. The normalized spacial score (nSPS) is 12.0. The van der Waals surface area contributed by atoms with E-state index < -0.39 is 27.7 Å². The van der Waals surface area contributed by atoms with Gasteiger partial charge in [0.2, 0.25) is 3.79 Å². The van der Waals surface area contributed by atoms with Crippen LogP contribution in [0.15, 0.2) is 53.1 Å². The van der Waals surface area contributed by atoms with Crippen molar-refractivity contribution in [3.8, 4) is 0 Å². The van der Waals surface area contributed by atoms with Crippen molar-refractivity contribution in [1.29, 1.82) is 0 Å². The zero-order valence-corrected chi connectivity index (χ0v) is 21.1. The average molecular weight is 545 g/mol. The van der Waals surface area contributed by atoms with Crippen LogP contribution in [-0.2, 0) is 4.74 Å². The number of nitrogens with one attached hydrogen (secondary N) is 3. The van der Waals surface area contributed by atoms with Crippen molar-refractivity contribution in [2.75, 3.05) is 17.2 Å². The fraction of sp³-hybridized carbons (Fsp3) is 0.227. The zero-order valence-electron chi connectivity index (χ0n) is 18.0. The van der Waals surface area contributed by atoms with Gasteiger partial charge in [0.05, 0.1) is 23.3 Å². The number of hydrogen-bond acceptors (Lipinski definition) is 7. The molecule has 0 aliphatic heterocycles. The van der Waals surface area contributed by atoms with Crippen molar-refractivity contribution in [1.82, 2.24) is 5.32 Å². The molecule has 0 saturated heterocycles. The van der Waals surface area contributed by atoms with E-state index in [-0.39, 0.29) is 27.8 Å². The molecule has 0 spiro atoms. The quantitative estimate of drug-likeness (QED) is 0.193. The molecule has 0 radical (unpaired) electrons. The van der Waals surface area contributed by atoms with Gasteiger partial charge in [0.25, 0.3) is 11.8 Å². The van der Waals surface area contributed by atoms with Gasteiger partial charge in [-0.05, 0) is 43.7 Å². The summed E-state index contributed by atoms with van der Waals surface area (Å²) >= 11 is 19.3. The van der Waals surface area contributed by atoms with Crippen molar-refractivity contribution in [2.45, 2.75) is 23.8 Å². The van der Waals surface area contributed by atoms with Crippen LogP contribution >= 0.6 is 46.1 Å². The lowest BCUT2D eigenvalue weighted by molar-refractivity contribution is 0.0527. The number of ether oxygens (including phenoxy) is 1. The summed E-state index contributed by atoms with van der Waals surface area (Å²) < 4.78 is 8.20. The lowest BCUT2D eigenvalue weighted by atomic mass is 10.1. The Morgan fingerprint density at radius 1 is 1.09 bits per heavy atom. The molecule has 0 saturated carbocycles. The molecule has 2 heterocycles. The first-order valence-corrected chi connectivity index (χ1v) is 11.9. The number of benzene rings is 1. The molecule has 3 rings (SSSR count). The highest BCUT2D eigenvalue weighted by atomic mass is 35.6. The topological polar surface area (TPSA) is 110 Å². The van der Waals surface area contributed by atoms with Crippen molar-refractivity contribution < 1.29 is 23.5 Å².